The molecule has 0 unspecified atom stereocenters. The van der Waals surface area contributed by atoms with Crippen LogP contribution in [-0.4, -0.2) is 397 Å². The van der Waals surface area contributed by atoms with Crippen LogP contribution in [-0.2, 0) is 155 Å². The molecule has 1 N–H and O–H groups in total. The Morgan fingerprint density at radius 1 is 0.282 bits per heavy atom. The summed E-state index contributed by atoms with van der Waals surface area (Å²) in [5, 5.41) is 11.1. The molecule has 1 aromatic heterocycles. The molecule has 0 atom stereocenters. The number of amides is 1. The van der Waals surface area contributed by atoms with Crippen molar-refractivity contribution in [3.05, 3.63) is 11.9 Å². The molecule has 0 radical (unpaired) electrons. The van der Waals surface area contributed by atoms with Gasteiger partial charge in [-0.15, -0.1) is 5.10 Å². The van der Waals surface area contributed by atoms with E-state index in [0.29, 0.717) is 383 Å². The molecular formula is C69H134N4O30. The van der Waals surface area contributed by atoms with Gasteiger partial charge in [0.05, 0.1) is 376 Å². The van der Waals surface area contributed by atoms with Gasteiger partial charge in [-0.3, -0.25) is 14.3 Å². The highest BCUT2D eigenvalue weighted by Crippen LogP contribution is 2.01. The van der Waals surface area contributed by atoms with Gasteiger partial charge in [0.25, 0.3) is 0 Å². The summed E-state index contributed by atoms with van der Waals surface area (Å²) in [5.74, 6) is 0.0214. The normalized spacial score (nSPS) is 11.7. The lowest BCUT2D eigenvalue weighted by molar-refractivity contribution is -0.122. The van der Waals surface area contributed by atoms with E-state index in [1.807, 2.05) is 10.9 Å². The molecule has 0 aliphatic rings. The maximum Gasteiger partial charge on any atom is 0.222 e. The SMILES string of the molecule is CCCCCn1cc(COCCOCCOCCOCCC(=O)NCCOCCOCCOCCOCCOCCOCCOCCOCCOCCOCCOCCOCCOCCOCCOCCOCCOCCOCCOCCOCCOCCOCCOCCOCCC(C)=O)nn1. The van der Waals surface area contributed by atoms with Crippen molar-refractivity contribution < 1.29 is 142 Å². The van der Waals surface area contributed by atoms with Crippen LogP contribution in [0, 0.1) is 0 Å². The van der Waals surface area contributed by atoms with Crippen LogP contribution in [0.1, 0.15) is 51.6 Å². The lowest BCUT2D eigenvalue weighted by Gasteiger charge is -2.09. The molecule has 103 heavy (non-hydrogen) atoms. The quantitative estimate of drug-likeness (QED) is 0.0910. The summed E-state index contributed by atoms with van der Waals surface area (Å²) in [6.07, 6.45) is 6.08. The average Bonchev–Trinajstić information content (AvgIpc) is 1.86. The number of hydrogen-bond acceptors (Lipinski definition) is 32. The van der Waals surface area contributed by atoms with Crippen molar-refractivity contribution in [1.82, 2.24) is 20.3 Å². The third-order valence-corrected chi connectivity index (χ3v) is 13.1. The van der Waals surface area contributed by atoms with Crippen LogP contribution in [0.15, 0.2) is 6.20 Å². The molecule has 0 aliphatic heterocycles. The molecule has 1 aromatic rings. The van der Waals surface area contributed by atoms with Crippen LogP contribution in [0.5, 0.6) is 0 Å². The maximum absolute atomic E-state index is 12.0. The Labute approximate surface area is 613 Å². The Hall–Kier alpha value is -2.84. The zero-order chi connectivity index (χ0) is 73.5. The number of hydrogen-bond donors (Lipinski definition) is 1. The number of nitrogens with one attached hydrogen (secondary N) is 1. The van der Waals surface area contributed by atoms with E-state index in [0.717, 1.165) is 18.7 Å². The molecule has 0 bridgehead atoms. The Kier molecular flexibility index (Phi) is 83.9. The Bertz CT molecular complexity index is 1800. The van der Waals surface area contributed by atoms with Gasteiger partial charge in [0.2, 0.25) is 5.91 Å². The molecule has 34 heteroatoms. The molecular weight excluding hydrogens is 1360 g/mol. The number of nitrogens with zero attached hydrogens (tertiary/aromatic N) is 3. The highest BCUT2D eigenvalue weighted by Gasteiger charge is 2.06. The third-order valence-electron chi connectivity index (χ3n) is 13.1. The number of ketones is 1. The molecule has 1 heterocycles. The van der Waals surface area contributed by atoms with Crippen LogP contribution in [0.25, 0.3) is 0 Å². The number of rotatable bonds is 93. The predicted octanol–water partition coefficient (Wildman–Crippen LogP) is 1.92. The van der Waals surface area contributed by atoms with E-state index in [4.69, 9.17) is 133 Å². The first-order chi connectivity index (χ1) is 51.1. The number of unbranched alkanes of at least 4 members (excludes halogenated alkanes) is 2. The molecule has 1 amide bonds. The second-order valence-corrected chi connectivity index (χ2v) is 21.8. The van der Waals surface area contributed by atoms with Crippen molar-refractivity contribution in [2.24, 2.45) is 0 Å². The highest BCUT2D eigenvalue weighted by atomic mass is 16.6. The Balaban J connectivity index is 1.60. The lowest BCUT2D eigenvalue weighted by atomic mass is 10.2. The van der Waals surface area contributed by atoms with E-state index in [9.17, 15) is 9.59 Å². The molecule has 0 aromatic carbocycles. The van der Waals surface area contributed by atoms with Crippen LogP contribution in [0.4, 0.5) is 0 Å². The largest absolute Gasteiger partial charge is 0.379 e. The van der Waals surface area contributed by atoms with Gasteiger partial charge in [-0.2, -0.15) is 0 Å². The fourth-order valence-electron chi connectivity index (χ4n) is 7.77. The first-order valence-electron chi connectivity index (χ1n) is 36.9. The molecule has 34 nitrogen and oxygen atoms in total. The number of aromatic nitrogens is 3. The Morgan fingerprint density at radius 3 is 0.709 bits per heavy atom. The van der Waals surface area contributed by atoms with Gasteiger partial charge in [-0.1, -0.05) is 25.0 Å². The number of aryl methyl sites for hydroxylation is 1. The van der Waals surface area contributed by atoms with Gasteiger partial charge in [0, 0.05) is 25.9 Å². The number of carbonyl (C=O) groups is 2. The first kappa shape index (κ1) is 98.2. The Morgan fingerprint density at radius 2 is 0.485 bits per heavy atom. The van der Waals surface area contributed by atoms with Crippen LogP contribution in [0.3, 0.4) is 0 Å². The van der Waals surface area contributed by atoms with Crippen molar-refractivity contribution in [2.75, 3.05) is 370 Å². The summed E-state index contributed by atoms with van der Waals surface area (Å²) in [6.45, 7) is 31.0. The fourth-order valence-corrected chi connectivity index (χ4v) is 7.77. The summed E-state index contributed by atoms with van der Waals surface area (Å²) in [4.78, 5) is 22.8. The number of Topliss-reactive ketones (excluding diaryl/α,β-unsaturated/α-hetero) is 1. The molecule has 0 aliphatic carbocycles. The van der Waals surface area contributed by atoms with E-state index in [1.54, 1.807) is 6.92 Å². The molecule has 1 rings (SSSR count). The van der Waals surface area contributed by atoms with Crippen molar-refractivity contribution in [1.29, 1.82) is 0 Å². The standard InChI is InChI=1S/C69H134N4O30/c1-3-4-5-9-73-65-68(71-72-73)66-103-64-63-102-62-61-80-17-14-77-11-7-69(75)70-8-12-78-15-18-81-20-22-83-24-26-85-28-30-87-32-34-89-36-38-91-40-42-93-44-46-95-48-50-97-52-54-99-56-58-101-60-59-100-57-55-98-53-51-96-49-47-94-45-43-92-41-39-90-37-35-88-33-31-86-29-27-84-25-23-82-21-19-79-16-13-76-10-6-67(2)74/h65H,3-64,66H2,1-2H3,(H,70,75). The zero-order valence-corrected chi connectivity index (χ0v) is 62.7. The second-order valence-electron chi connectivity index (χ2n) is 21.8. The van der Waals surface area contributed by atoms with Gasteiger partial charge in [0.1, 0.15) is 11.5 Å². The van der Waals surface area contributed by atoms with Gasteiger partial charge < -0.3 is 138 Å². The molecule has 0 fully saturated rings. The van der Waals surface area contributed by atoms with Gasteiger partial charge in [0.15, 0.2) is 0 Å². The van der Waals surface area contributed by atoms with Crippen LogP contribution >= 0.6 is 0 Å². The number of ether oxygens (including phenoxy) is 28. The minimum Gasteiger partial charge on any atom is -0.379 e. The van der Waals surface area contributed by atoms with Crippen LogP contribution in [0.2, 0.25) is 0 Å². The van der Waals surface area contributed by atoms with Crippen molar-refractivity contribution in [3.8, 4) is 0 Å². The molecule has 0 saturated carbocycles. The second kappa shape index (κ2) is 88.1. The van der Waals surface area contributed by atoms with Gasteiger partial charge >= 0.3 is 0 Å². The van der Waals surface area contributed by atoms with E-state index < -0.39 is 0 Å². The molecule has 0 spiro atoms. The summed E-state index contributed by atoms with van der Waals surface area (Å²) in [6, 6.07) is 0. The summed E-state index contributed by atoms with van der Waals surface area (Å²) in [7, 11) is 0. The van der Waals surface area contributed by atoms with Crippen molar-refractivity contribution in [3.63, 3.8) is 0 Å². The predicted molar refractivity (Wildman–Crippen MR) is 374 cm³/mol. The van der Waals surface area contributed by atoms with E-state index in [-0.39, 0.29) is 18.1 Å². The highest BCUT2D eigenvalue weighted by molar-refractivity contribution is 5.76. The third kappa shape index (κ3) is 84.6. The summed E-state index contributed by atoms with van der Waals surface area (Å²) >= 11 is 0. The minimum absolute atomic E-state index is 0.0972. The lowest BCUT2D eigenvalue weighted by Crippen LogP contribution is -2.28. The molecule has 0 saturated heterocycles. The van der Waals surface area contributed by atoms with E-state index >= 15 is 0 Å². The minimum atomic E-state index is -0.0972. The zero-order valence-electron chi connectivity index (χ0n) is 62.7. The summed E-state index contributed by atoms with van der Waals surface area (Å²) in [5.41, 5.74) is 0.817. The van der Waals surface area contributed by atoms with Gasteiger partial charge in [-0.25, -0.2) is 0 Å². The first-order valence-corrected chi connectivity index (χ1v) is 36.9. The van der Waals surface area contributed by atoms with Crippen molar-refractivity contribution >= 4 is 11.7 Å². The maximum atomic E-state index is 12.0. The smallest absolute Gasteiger partial charge is 0.222 e. The van der Waals surface area contributed by atoms with E-state index in [2.05, 4.69) is 22.6 Å². The molecule has 610 valence electrons. The fraction of sp³-hybridized carbons (Fsp3) is 0.942. The number of carbonyl (C=O) groups excluding carboxylic acids is 2. The monoisotopic (exact) mass is 1500 g/mol. The topological polar surface area (TPSA) is 335 Å². The van der Waals surface area contributed by atoms with Gasteiger partial charge in [-0.05, 0) is 13.3 Å². The van der Waals surface area contributed by atoms with Crippen molar-refractivity contribution in [2.45, 2.75) is 59.1 Å². The summed E-state index contributed by atoms with van der Waals surface area (Å²) < 4.78 is 156. The average molecular weight is 1500 g/mol. The van der Waals surface area contributed by atoms with Crippen LogP contribution < -0.4 is 5.32 Å². The van der Waals surface area contributed by atoms with E-state index in [1.165, 1.54) is 12.8 Å².